The van der Waals surface area contributed by atoms with Gasteiger partial charge in [0.2, 0.25) is 0 Å². The lowest BCUT2D eigenvalue weighted by atomic mass is 10.1. The largest absolute Gasteiger partial charge is 0.345 e. The van der Waals surface area contributed by atoms with Gasteiger partial charge < -0.3 is 5.32 Å². The molecule has 0 aliphatic carbocycles. The van der Waals surface area contributed by atoms with Crippen molar-refractivity contribution in [1.29, 1.82) is 0 Å². The highest BCUT2D eigenvalue weighted by Gasteiger charge is 2.16. The molecular weight excluding hydrogens is 301 g/mol. The van der Waals surface area contributed by atoms with Gasteiger partial charge >= 0.3 is 0 Å². The van der Waals surface area contributed by atoms with Gasteiger partial charge in [-0.15, -0.1) is 11.3 Å². The van der Waals surface area contributed by atoms with Crippen LogP contribution in [0.5, 0.6) is 0 Å². The molecule has 2 nitrogen and oxygen atoms in total. The second-order valence-corrected chi connectivity index (χ2v) is 6.05. The molecule has 0 spiro atoms. The maximum Gasteiger partial charge on any atom is 0.262 e. The maximum absolute atomic E-state index is 12.1. The Morgan fingerprint density at radius 2 is 2.05 bits per heavy atom. The van der Waals surface area contributed by atoms with Crippen molar-refractivity contribution in [1.82, 2.24) is 5.32 Å². The summed E-state index contributed by atoms with van der Waals surface area (Å²) in [7, 11) is 0. The van der Waals surface area contributed by atoms with Gasteiger partial charge in [-0.1, -0.05) is 29.3 Å². The summed E-state index contributed by atoms with van der Waals surface area (Å²) in [4.78, 5) is 12.9. The van der Waals surface area contributed by atoms with Crippen LogP contribution in [-0.4, -0.2) is 5.91 Å². The van der Waals surface area contributed by atoms with E-state index in [4.69, 9.17) is 23.2 Å². The monoisotopic (exact) mass is 313 g/mol. The summed E-state index contributed by atoms with van der Waals surface area (Å²) in [6.45, 7) is 3.82. The molecule has 1 N–H and O–H groups in total. The fourth-order valence-corrected chi connectivity index (χ4v) is 3.20. The van der Waals surface area contributed by atoms with Crippen LogP contribution in [0.2, 0.25) is 10.0 Å². The lowest BCUT2D eigenvalue weighted by Crippen LogP contribution is -2.26. The number of halogens is 2. The minimum absolute atomic E-state index is 0.0778. The number of rotatable bonds is 3. The highest BCUT2D eigenvalue weighted by atomic mass is 35.5. The molecule has 0 fully saturated rings. The van der Waals surface area contributed by atoms with E-state index >= 15 is 0 Å². The second-order valence-electron chi connectivity index (χ2n) is 4.29. The van der Waals surface area contributed by atoms with Crippen LogP contribution in [0.15, 0.2) is 29.6 Å². The molecule has 1 heterocycles. The summed E-state index contributed by atoms with van der Waals surface area (Å²) in [6, 6.07) is 7.04. The Bertz CT molecular complexity index is 609. The topological polar surface area (TPSA) is 29.1 Å². The number of thiophene rings is 1. The molecule has 5 heteroatoms. The first kappa shape index (κ1) is 14.4. The van der Waals surface area contributed by atoms with E-state index in [0.717, 1.165) is 16.0 Å². The zero-order valence-electron chi connectivity index (χ0n) is 10.5. The normalized spacial score (nSPS) is 12.2. The molecule has 0 aliphatic rings. The first-order valence-corrected chi connectivity index (χ1v) is 7.42. The molecule has 1 aromatic carbocycles. The summed E-state index contributed by atoms with van der Waals surface area (Å²) < 4.78 is 0. The van der Waals surface area contributed by atoms with E-state index in [2.05, 4.69) is 5.32 Å². The third-order valence-corrected chi connectivity index (χ3v) is 4.42. The summed E-state index contributed by atoms with van der Waals surface area (Å²) in [5.41, 5.74) is 1.84. The van der Waals surface area contributed by atoms with Gasteiger partial charge in [0.25, 0.3) is 5.91 Å². The van der Waals surface area contributed by atoms with Crippen molar-refractivity contribution in [3.05, 3.63) is 55.7 Å². The van der Waals surface area contributed by atoms with Crippen LogP contribution >= 0.6 is 34.5 Å². The van der Waals surface area contributed by atoms with E-state index in [1.54, 1.807) is 12.1 Å². The second kappa shape index (κ2) is 5.95. The zero-order valence-corrected chi connectivity index (χ0v) is 12.9. The average Bonchev–Trinajstić information content (AvgIpc) is 2.75. The number of nitrogens with one attached hydrogen (secondary N) is 1. The van der Waals surface area contributed by atoms with Crippen LogP contribution in [0.25, 0.3) is 0 Å². The number of benzene rings is 1. The van der Waals surface area contributed by atoms with Gasteiger partial charge in [0.05, 0.1) is 10.9 Å². The summed E-state index contributed by atoms with van der Waals surface area (Å²) in [5, 5.41) is 5.99. The van der Waals surface area contributed by atoms with Gasteiger partial charge in [-0.2, -0.15) is 0 Å². The Kier molecular flexibility index (Phi) is 4.50. The van der Waals surface area contributed by atoms with E-state index < -0.39 is 0 Å². The molecule has 1 amide bonds. The van der Waals surface area contributed by atoms with Crippen molar-refractivity contribution in [2.75, 3.05) is 0 Å². The Morgan fingerprint density at radius 1 is 1.32 bits per heavy atom. The van der Waals surface area contributed by atoms with Gasteiger partial charge in [0, 0.05) is 10.0 Å². The lowest BCUT2D eigenvalue weighted by Gasteiger charge is -2.15. The molecule has 1 atom stereocenters. The van der Waals surface area contributed by atoms with E-state index in [1.807, 2.05) is 31.4 Å². The quantitative estimate of drug-likeness (QED) is 0.861. The Labute approximate surface area is 126 Å². The number of hydrogen-bond acceptors (Lipinski definition) is 2. The number of carbonyl (C=O) groups is 1. The fraction of sp³-hybridized carbons (Fsp3) is 0.214. The van der Waals surface area contributed by atoms with Crippen LogP contribution in [0.1, 0.15) is 33.8 Å². The van der Waals surface area contributed by atoms with Crippen molar-refractivity contribution in [3.8, 4) is 0 Å². The first-order valence-electron chi connectivity index (χ1n) is 5.79. The van der Waals surface area contributed by atoms with Crippen LogP contribution in [0.4, 0.5) is 0 Å². The predicted octanol–water partition coefficient (Wildman–Crippen LogP) is 4.85. The molecule has 0 aliphatic heterocycles. The van der Waals surface area contributed by atoms with Gasteiger partial charge in [-0.3, -0.25) is 4.79 Å². The summed E-state index contributed by atoms with van der Waals surface area (Å²) in [6.07, 6.45) is 0. The lowest BCUT2D eigenvalue weighted by molar-refractivity contribution is 0.0943. The first-order chi connectivity index (χ1) is 8.99. The molecule has 19 heavy (non-hydrogen) atoms. The summed E-state index contributed by atoms with van der Waals surface area (Å²) in [5.74, 6) is -0.0778. The summed E-state index contributed by atoms with van der Waals surface area (Å²) >= 11 is 13.4. The average molecular weight is 314 g/mol. The maximum atomic E-state index is 12.1. The predicted molar refractivity (Wildman–Crippen MR) is 81.4 cm³/mol. The molecule has 0 saturated carbocycles. The van der Waals surface area contributed by atoms with Gasteiger partial charge in [0.15, 0.2) is 0 Å². The molecule has 0 saturated heterocycles. The number of amides is 1. The highest BCUT2D eigenvalue weighted by Crippen LogP contribution is 2.26. The number of carbonyl (C=O) groups excluding carboxylic acids is 1. The van der Waals surface area contributed by atoms with Crippen LogP contribution in [0.3, 0.4) is 0 Å². The van der Waals surface area contributed by atoms with Gasteiger partial charge in [-0.05, 0) is 48.6 Å². The number of aryl methyl sites for hydroxylation is 1. The molecule has 100 valence electrons. The molecule has 2 rings (SSSR count). The molecule has 0 radical (unpaired) electrons. The molecule has 1 aromatic heterocycles. The van der Waals surface area contributed by atoms with E-state index in [-0.39, 0.29) is 11.9 Å². The highest BCUT2D eigenvalue weighted by molar-refractivity contribution is 7.12. The van der Waals surface area contributed by atoms with Crippen LogP contribution in [-0.2, 0) is 0 Å². The van der Waals surface area contributed by atoms with Gasteiger partial charge in [0.1, 0.15) is 0 Å². The SMILES string of the molecule is Cc1ccsc1C(=O)N[C@@H](C)c1ccc(Cl)cc1Cl. The smallest absolute Gasteiger partial charge is 0.262 e. The number of hydrogen-bond donors (Lipinski definition) is 1. The molecular formula is C14H13Cl2NOS. The minimum atomic E-state index is -0.168. The van der Waals surface area contributed by atoms with Crippen LogP contribution < -0.4 is 5.32 Å². The fourth-order valence-electron chi connectivity index (χ4n) is 1.80. The van der Waals surface area contributed by atoms with E-state index in [9.17, 15) is 4.79 Å². The third kappa shape index (κ3) is 3.30. The van der Waals surface area contributed by atoms with Gasteiger partial charge in [-0.25, -0.2) is 0 Å². The zero-order chi connectivity index (χ0) is 14.0. The van der Waals surface area contributed by atoms with Crippen molar-refractivity contribution >= 4 is 40.4 Å². The van der Waals surface area contributed by atoms with Crippen molar-refractivity contribution in [2.45, 2.75) is 19.9 Å². The Hall–Kier alpha value is -1.03. The Morgan fingerprint density at radius 3 is 2.63 bits per heavy atom. The molecule has 0 unspecified atom stereocenters. The van der Waals surface area contributed by atoms with Crippen molar-refractivity contribution in [2.24, 2.45) is 0 Å². The third-order valence-electron chi connectivity index (χ3n) is 2.84. The Balaban J connectivity index is 2.15. The molecule has 2 aromatic rings. The van der Waals surface area contributed by atoms with Crippen LogP contribution in [0, 0.1) is 6.92 Å². The molecule has 0 bridgehead atoms. The van der Waals surface area contributed by atoms with E-state index in [0.29, 0.717) is 10.0 Å². The minimum Gasteiger partial charge on any atom is -0.345 e. The standard InChI is InChI=1S/C14H13Cl2NOS/c1-8-5-6-19-13(8)14(18)17-9(2)11-4-3-10(15)7-12(11)16/h3-7,9H,1-2H3,(H,17,18)/t9-/m0/s1. The van der Waals surface area contributed by atoms with Crippen molar-refractivity contribution in [3.63, 3.8) is 0 Å². The van der Waals surface area contributed by atoms with Crippen molar-refractivity contribution < 1.29 is 4.79 Å². The van der Waals surface area contributed by atoms with E-state index in [1.165, 1.54) is 11.3 Å².